The van der Waals surface area contributed by atoms with Crippen LogP contribution in [0.4, 0.5) is 0 Å². The summed E-state index contributed by atoms with van der Waals surface area (Å²) in [5.74, 6) is -0.535. The van der Waals surface area contributed by atoms with Crippen molar-refractivity contribution >= 4 is 28.8 Å². The molecule has 0 saturated carbocycles. The first-order valence-electron chi connectivity index (χ1n) is 4.51. The molecule has 2 aromatic rings. The number of fused-ring (bicyclic) bond motifs is 3. The minimum Gasteiger partial charge on any atom is -0.284 e. The van der Waals surface area contributed by atoms with Gasteiger partial charge in [0, 0.05) is 0 Å². The molecular formula is C11H6N2O2. The fraction of sp³-hybridized carbons (Fsp3) is 0. The number of carbonyl (C=O) groups excluding carboxylic acids is 2. The molecule has 2 heterocycles. The zero-order valence-electron chi connectivity index (χ0n) is 7.68. The smallest absolute Gasteiger partial charge is 0.284 e. The van der Waals surface area contributed by atoms with E-state index in [1.165, 1.54) is 10.6 Å². The molecule has 72 valence electrons. The second-order valence-electron chi connectivity index (χ2n) is 3.30. The molecule has 1 aliphatic heterocycles. The minimum atomic E-state index is -0.541. The van der Waals surface area contributed by atoms with E-state index in [0.717, 1.165) is 5.52 Å². The first kappa shape index (κ1) is 8.11. The molecule has 0 saturated heterocycles. The number of hydrogen-bond donors (Lipinski definition) is 0. The van der Waals surface area contributed by atoms with Crippen LogP contribution in [0.25, 0.3) is 17.1 Å². The zero-order valence-corrected chi connectivity index (χ0v) is 7.68. The molecule has 0 fully saturated rings. The lowest BCUT2D eigenvalue weighted by Gasteiger charge is -2.05. The Hall–Kier alpha value is -2.23. The van der Waals surface area contributed by atoms with Gasteiger partial charge in [0.2, 0.25) is 5.78 Å². The van der Waals surface area contributed by atoms with E-state index < -0.39 is 11.7 Å². The standard InChI is InChI=1S/C11H6N2O2/c14-9-5-6-10-12-7-3-1-2-4-8(7)13(10)11(9)15/h1-6H. The van der Waals surface area contributed by atoms with Crippen LogP contribution in [0.15, 0.2) is 30.3 Å². The number of carbonyl (C=O) groups is 2. The summed E-state index contributed by atoms with van der Waals surface area (Å²) in [6.07, 6.45) is 2.81. The largest absolute Gasteiger partial charge is 0.304 e. The van der Waals surface area contributed by atoms with Gasteiger partial charge in [-0.3, -0.25) is 14.2 Å². The molecule has 0 N–H and O–H groups in total. The quantitative estimate of drug-likeness (QED) is 0.599. The van der Waals surface area contributed by atoms with Crippen LogP contribution < -0.4 is 0 Å². The summed E-state index contributed by atoms with van der Waals surface area (Å²) in [7, 11) is 0. The second-order valence-corrected chi connectivity index (χ2v) is 3.30. The molecule has 4 nitrogen and oxygen atoms in total. The highest BCUT2D eigenvalue weighted by atomic mass is 16.2. The maximum atomic E-state index is 11.6. The third kappa shape index (κ3) is 0.985. The second kappa shape index (κ2) is 2.63. The van der Waals surface area contributed by atoms with Gasteiger partial charge in [-0.05, 0) is 24.3 Å². The number of aromatic nitrogens is 2. The lowest BCUT2D eigenvalue weighted by atomic mass is 10.2. The van der Waals surface area contributed by atoms with Crippen LogP contribution in [0, 0.1) is 0 Å². The first-order chi connectivity index (χ1) is 7.27. The monoisotopic (exact) mass is 198 g/mol. The van der Waals surface area contributed by atoms with Gasteiger partial charge in [-0.2, -0.15) is 0 Å². The average Bonchev–Trinajstić information content (AvgIpc) is 2.62. The van der Waals surface area contributed by atoms with Crippen molar-refractivity contribution in [2.75, 3.05) is 0 Å². The van der Waals surface area contributed by atoms with Gasteiger partial charge in [0.25, 0.3) is 0 Å². The Balaban J connectivity index is 2.45. The summed E-state index contributed by atoms with van der Waals surface area (Å²) in [4.78, 5) is 27.1. The van der Waals surface area contributed by atoms with Crippen molar-refractivity contribution in [2.24, 2.45) is 0 Å². The van der Waals surface area contributed by atoms with Crippen molar-refractivity contribution in [2.45, 2.75) is 0 Å². The number of benzene rings is 1. The van der Waals surface area contributed by atoms with Crippen LogP contribution >= 0.6 is 0 Å². The van der Waals surface area contributed by atoms with Gasteiger partial charge in [0.1, 0.15) is 5.82 Å². The van der Waals surface area contributed by atoms with Crippen molar-refractivity contribution in [3.8, 4) is 0 Å². The van der Waals surface area contributed by atoms with Gasteiger partial charge >= 0.3 is 5.91 Å². The summed E-state index contributed by atoms with van der Waals surface area (Å²) < 4.78 is 1.34. The number of hydrogen-bond acceptors (Lipinski definition) is 3. The summed E-state index contributed by atoms with van der Waals surface area (Å²) in [6, 6.07) is 7.24. The molecule has 0 atom stereocenters. The summed E-state index contributed by atoms with van der Waals surface area (Å²) in [5, 5.41) is 0. The van der Waals surface area contributed by atoms with E-state index >= 15 is 0 Å². The van der Waals surface area contributed by atoms with Crippen molar-refractivity contribution < 1.29 is 9.59 Å². The van der Waals surface area contributed by atoms with E-state index in [1.54, 1.807) is 12.1 Å². The molecule has 1 aromatic heterocycles. The molecular weight excluding hydrogens is 192 g/mol. The Labute approximate surface area is 84.8 Å². The Morgan fingerprint density at radius 1 is 1.07 bits per heavy atom. The summed E-state index contributed by atoms with van der Waals surface area (Å²) >= 11 is 0. The number of rotatable bonds is 0. The van der Waals surface area contributed by atoms with Gasteiger partial charge in [-0.25, -0.2) is 4.98 Å². The van der Waals surface area contributed by atoms with Gasteiger partial charge in [0.15, 0.2) is 0 Å². The molecule has 0 bridgehead atoms. The van der Waals surface area contributed by atoms with Gasteiger partial charge in [0.05, 0.1) is 11.0 Å². The van der Waals surface area contributed by atoms with Crippen molar-refractivity contribution in [3.05, 3.63) is 36.2 Å². The molecule has 1 aliphatic rings. The predicted octanol–water partition coefficient (Wildman–Crippen LogP) is 1.27. The average molecular weight is 198 g/mol. The maximum absolute atomic E-state index is 11.6. The molecule has 0 amide bonds. The lowest BCUT2D eigenvalue weighted by molar-refractivity contribution is -0.111. The van der Waals surface area contributed by atoms with Crippen LogP contribution in [-0.4, -0.2) is 21.2 Å². The van der Waals surface area contributed by atoms with Gasteiger partial charge in [-0.1, -0.05) is 12.1 Å². The molecule has 0 radical (unpaired) electrons. The number of imidazole rings is 1. The fourth-order valence-electron chi connectivity index (χ4n) is 1.70. The van der Waals surface area contributed by atoms with Crippen molar-refractivity contribution in [1.82, 2.24) is 9.55 Å². The summed E-state index contributed by atoms with van der Waals surface area (Å²) in [6.45, 7) is 0. The van der Waals surface area contributed by atoms with E-state index in [-0.39, 0.29) is 0 Å². The SMILES string of the molecule is O=C1C=Cc2nc3ccccc3n2C1=O. The van der Waals surface area contributed by atoms with Gasteiger partial charge in [-0.15, -0.1) is 0 Å². The number of nitrogens with zero attached hydrogens (tertiary/aromatic N) is 2. The fourth-order valence-corrected chi connectivity index (χ4v) is 1.70. The predicted molar refractivity (Wildman–Crippen MR) is 54.4 cm³/mol. The molecule has 1 aromatic carbocycles. The van der Waals surface area contributed by atoms with Crippen molar-refractivity contribution in [1.29, 1.82) is 0 Å². The van der Waals surface area contributed by atoms with E-state index in [2.05, 4.69) is 4.98 Å². The maximum Gasteiger partial charge on any atom is 0.304 e. The van der Waals surface area contributed by atoms with Crippen LogP contribution in [0.3, 0.4) is 0 Å². The molecule has 3 rings (SSSR count). The Bertz CT molecular complexity index is 623. The van der Waals surface area contributed by atoms with E-state index in [9.17, 15) is 9.59 Å². The van der Waals surface area contributed by atoms with Crippen LogP contribution in [0.1, 0.15) is 10.6 Å². The topological polar surface area (TPSA) is 52.0 Å². The minimum absolute atomic E-state index is 0.509. The Morgan fingerprint density at radius 3 is 2.73 bits per heavy atom. The number of ketones is 1. The molecule has 15 heavy (non-hydrogen) atoms. The van der Waals surface area contributed by atoms with Crippen LogP contribution in [0.2, 0.25) is 0 Å². The number of para-hydroxylation sites is 2. The Kier molecular flexibility index (Phi) is 1.42. The third-order valence-corrected chi connectivity index (χ3v) is 2.38. The third-order valence-electron chi connectivity index (χ3n) is 2.38. The van der Waals surface area contributed by atoms with E-state index in [1.807, 2.05) is 18.2 Å². The number of allylic oxidation sites excluding steroid dienone is 1. The van der Waals surface area contributed by atoms with E-state index in [4.69, 9.17) is 0 Å². The zero-order chi connectivity index (χ0) is 10.4. The normalized spacial score (nSPS) is 14.7. The van der Waals surface area contributed by atoms with Crippen LogP contribution in [0.5, 0.6) is 0 Å². The highest BCUT2D eigenvalue weighted by Crippen LogP contribution is 2.19. The Morgan fingerprint density at radius 2 is 1.87 bits per heavy atom. The molecule has 0 unspecified atom stereocenters. The van der Waals surface area contributed by atoms with E-state index in [0.29, 0.717) is 11.3 Å². The van der Waals surface area contributed by atoms with Gasteiger partial charge < -0.3 is 0 Å². The van der Waals surface area contributed by atoms with Crippen LogP contribution in [-0.2, 0) is 4.79 Å². The lowest BCUT2D eigenvalue weighted by Crippen LogP contribution is -2.23. The molecule has 0 aliphatic carbocycles. The molecule has 4 heteroatoms. The van der Waals surface area contributed by atoms with Crippen molar-refractivity contribution in [3.63, 3.8) is 0 Å². The highest BCUT2D eigenvalue weighted by Gasteiger charge is 2.23. The highest BCUT2D eigenvalue weighted by molar-refractivity contribution is 6.44. The summed E-state index contributed by atoms with van der Waals surface area (Å²) in [5.41, 5.74) is 1.40. The first-order valence-corrected chi connectivity index (χ1v) is 4.51. The molecule has 0 spiro atoms.